The monoisotopic (exact) mass is 673 g/mol. The van der Waals surface area contributed by atoms with Crippen molar-refractivity contribution in [1.29, 1.82) is 0 Å². The van der Waals surface area contributed by atoms with Gasteiger partial charge in [-0.25, -0.2) is 0 Å². The maximum absolute atomic E-state index is 2.46. The van der Waals surface area contributed by atoms with Crippen LogP contribution >= 0.6 is 0 Å². The molecule has 248 valence electrons. The topological polar surface area (TPSA) is 3.24 Å². The molecule has 53 heavy (non-hydrogen) atoms. The van der Waals surface area contributed by atoms with E-state index in [-0.39, 0.29) is 0 Å². The van der Waals surface area contributed by atoms with Gasteiger partial charge in [0.15, 0.2) is 0 Å². The summed E-state index contributed by atoms with van der Waals surface area (Å²) >= 11 is 0. The third kappa shape index (κ3) is 5.42. The highest BCUT2D eigenvalue weighted by atomic mass is 15.1. The molecule has 0 aliphatic carbocycles. The molecule has 10 aromatic rings. The molecule has 0 aromatic heterocycles. The molecule has 0 saturated heterocycles. The molecule has 1 nitrogen and oxygen atoms in total. The molecular weight excluding hydrogens is 639 g/mol. The van der Waals surface area contributed by atoms with Crippen LogP contribution < -0.4 is 4.90 Å². The number of nitrogens with zero attached hydrogens (tertiary/aromatic N) is 1. The summed E-state index contributed by atoms with van der Waals surface area (Å²) in [6.07, 6.45) is 0. The summed E-state index contributed by atoms with van der Waals surface area (Å²) in [5.74, 6) is 0. The molecule has 0 amide bonds. The van der Waals surface area contributed by atoms with Gasteiger partial charge < -0.3 is 4.90 Å². The second-order valence-electron chi connectivity index (χ2n) is 13.7. The quantitative estimate of drug-likeness (QED) is 0.159. The van der Waals surface area contributed by atoms with Gasteiger partial charge in [-0.2, -0.15) is 0 Å². The highest BCUT2D eigenvalue weighted by Gasteiger charge is 2.23. The Hall–Kier alpha value is -6.96. The van der Waals surface area contributed by atoms with Gasteiger partial charge in [-0.05, 0) is 95.9 Å². The lowest BCUT2D eigenvalue weighted by Crippen LogP contribution is -2.12. The van der Waals surface area contributed by atoms with Crippen LogP contribution in [0, 0.1) is 0 Å². The van der Waals surface area contributed by atoms with Crippen LogP contribution in [0.15, 0.2) is 212 Å². The zero-order valence-corrected chi connectivity index (χ0v) is 29.2. The van der Waals surface area contributed by atoms with Crippen molar-refractivity contribution in [2.45, 2.75) is 0 Å². The van der Waals surface area contributed by atoms with Crippen molar-refractivity contribution in [3.8, 4) is 33.4 Å². The third-order valence-corrected chi connectivity index (χ3v) is 10.6. The molecule has 0 bridgehead atoms. The molecule has 0 aliphatic rings. The normalized spacial score (nSPS) is 11.4. The Morgan fingerprint density at radius 3 is 1.30 bits per heavy atom. The Bertz CT molecular complexity index is 2910. The molecule has 0 unspecified atom stereocenters. The van der Waals surface area contributed by atoms with Crippen molar-refractivity contribution < 1.29 is 0 Å². The smallest absolute Gasteiger partial charge is 0.0624 e. The van der Waals surface area contributed by atoms with Crippen LogP contribution in [0.4, 0.5) is 17.1 Å². The Kier molecular flexibility index (Phi) is 7.55. The second kappa shape index (κ2) is 13.0. The van der Waals surface area contributed by atoms with E-state index in [1.807, 2.05) is 0 Å². The van der Waals surface area contributed by atoms with E-state index in [1.54, 1.807) is 0 Å². The Morgan fingerprint density at radius 2 is 0.660 bits per heavy atom. The van der Waals surface area contributed by atoms with Crippen molar-refractivity contribution in [1.82, 2.24) is 0 Å². The molecule has 10 aromatic carbocycles. The first-order valence-corrected chi connectivity index (χ1v) is 18.3. The molecule has 0 radical (unpaired) electrons. The minimum Gasteiger partial charge on any atom is -0.309 e. The first kappa shape index (κ1) is 30.8. The van der Waals surface area contributed by atoms with Crippen LogP contribution in [0.2, 0.25) is 0 Å². The SMILES string of the molecule is c1ccc(-c2ccc(N(c3ccc(-c4ccc5ccc6ccccc6c5c4)cc3)c3c(-c4ccccc4)c4ccccc4c4ccccc34)cc2)cc1. The van der Waals surface area contributed by atoms with E-state index in [9.17, 15) is 0 Å². The Balaban J connectivity index is 1.20. The van der Waals surface area contributed by atoms with Gasteiger partial charge in [-0.15, -0.1) is 0 Å². The molecule has 0 spiro atoms. The summed E-state index contributed by atoms with van der Waals surface area (Å²) in [6, 6.07) is 77.3. The molecular formula is C52H35N. The average Bonchev–Trinajstić information content (AvgIpc) is 3.24. The number of hydrogen-bond acceptors (Lipinski definition) is 1. The third-order valence-electron chi connectivity index (χ3n) is 10.6. The maximum atomic E-state index is 2.46. The lowest BCUT2D eigenvalue weighted by atomic mass is 9.90. The standard InChI is InChI=1S/C52H35N/c1-3-13-36(14-4-1)37-27-31-43(32-28-37)53(44-33-29-38(30-34-44)42-26-25-40-24-23-39-15-7-8-18-45(39)50(40)35-42)52-49-22-12-10-20-47(49)46-19-9-11-21-48(46)51(52)41-16-5-2-6-17-41/h1-35H. The predicted molar refractivity (Wildman–Crippen MR) is 227 cm³/mol. The fourth-order valence-electron chi connectivity index (χ4n) is 8.08. The molecule has 0 saturated carbocycles. The van der Waals surface area contributed by atoms with Crippen LogP contribution in [-0.4, -0.2) is 0 Å². The lowest BCUT2D eigenvalue weighted by Gasteiger charge is -2.31. The second-order valence-corrected chi connectivity index (χ2v) is 13.7. The van der Waals surface area contributed by atoms with Gasteiger partial charge in [0.1, 0.15) is 0 Å². The van der Waals surface area contributed by atoms with Crippen LogP contribution in [0.3, 0.4) is 0 Å². The van der Waals surface area contributed by atoms with Crippen LogP contribution in [0.5, 0.6) is 0 Å². The van der Waals surface area contributed by atoms with E-state index in [2.05, 4.69) is 217 Å². The summed E-state index contributed by atoms with van der Waals surface area (Å²) in [5, 5.41) is 10.0. The van der Waals surface area contributed by atoms with E-state index in [0.29, 0.717) is 0 Å². The maximum Gasteiger partial charge on any atom is 0.0624 e. The van der Waals surface area contributed by atoms with Gasteiger partial charge in [-0.3, -0.25) is 0 Å². The first-order valence-electron chi connectivity index (χ1n) is 18.3. The van der Waals surface area contributed by atoms with E-state index in [1.165, 1.54) is 82.2 Å². The number of anilines is 3. The minimum atomic E-state index is 1.10. The molecule has 0 heterocycles. The van der Waals surface area contributed by atoms with Gasteiger partial charge >= 0.3 is 0 Å². The number of rotatable bonds is 6. The fraction of sp³-hybridized carbons (Fsp3) is 0. The Morgan fingerprint density at radius 1 is 0.245 bits per heavy atom. The van der Waals surface area contributed by atoms with Crippen molar-refractivity contribution in [2.24, 2.45) is 0 Å². The van der Waals surface area contributed by atoms with Gasteiger partial charge in [0, 0.05) is 22.3 Å². The molecule has 0 atom stereocenters. The van der Waals surface area contributed by atoms with Crippen molar-refractivity contribution in [3.63, 3.8) is 0 Å². The number of benzene rings is 10. The highest BCUT2D eigenvalue weighted by Crippen LogP contribution is 2.49. The van der Waals surface area contributed by atoms with Crippen molar-refractivity contribution in [3.05, 3.63) is 212 Å². The molecule has 10 rings (SSSR count). The van der Waals surface area contributed by atoms with E-state index < -0.39 is 0 Å². The highest BCUT2D eigenvalue weighted by molar-refractivity contribution is 6.22. The predicted octanol–water partition coefficient (Wildman–Crippen LogP) is 14.8. The molecule has 0 fully saturated rings. The first-order chi connectivity index (χ1) is 26.3. The zero-order valence-electron chi connectivity index (χ0n) is 29.2. The fourth-order valence-corrected chi connectivity index (χ4v) is 8.08. The zero-order chi connectivity index (χ0) is 35.1. The number of hydrogen-bond donors (Lipinski definition) is 0. The van der Waals surface area contributed by atoms with Gasteiger partial charge in [0.05, 0.1) is 5.69 Å². The summed E-state index contributed by atoms with van der Waals surface area (Å²) in [4.78, 5) is 2.46. The van der Waals surface area contributed by atoms with E-state index in [0.717, 1.165) is 11.4 Å². The minimum absolute atomic E-state index is 1.10. The van der Waals surface area contributed by atoms with Gasteiger partial charge in [-0.1, -0.05) is 182 Å². The summed E-state index contributed by atoms with van der Waals surface area (Å²) in [6.45, 7) is 0. The van der Waals surface area contributed by atoms with Gasteiger partial charge in [0.25, 0.3) is 0 Å². The van der Waals surface area contributed by atoms with Gasteiger partial charge in [0.2, 0.25) is 0 Å². The van der Waals surface area contributed by atoms with E-state index in [4.69, 9.17) is 0 Å². The molecule has 1 heteroatoms. The van der Waals surface area contributed by atoms with E-state index >= 15 is 0 Å². The van der Waals surface area contributed by atoms with Crippen LogP contribution in [-0.2, 0) is 0 Å². The average molecular weight is 674 g/mol. The number of fused-ring (bicyclic) bond motifs is 6. The molecule has 0 N–H and O–H groups in total. The lowest BCUT2D eigenvalue weighted by molar-refractivity contribution is 1.30. The summed E-state index contributed by atoms with van der Waals surface area (Å²) in [5.41, 5.74) is 10.6. The Labute approximate surface area is 309 Å². The summed E-state index contributed by atoms with van der Waals surface area (Å²) < 4.78 is 0. The van der Waals surface area contributed by atoms with Crippen LogP contribution in [0.25, 0.3) is 76.5 Å². The van der Waals surface area contributed by atoms with Crippen molar-refractivity contribution >= 4 is 60.2 Å². The largest absolute Gasteiger partial charge is 0.309 e. The summed E-state index contributed by atoms with van der Waals surface area (Å²) in [7, 11) is 0. The van der Waals surface area contributed by atoms with Crippen molar-refractivity contribution in [2.75, 3.05) is 4.90 Å². The molecule has 0 aliphatic heterocycles. The van der Waals surface area contributed by atoms with Crippen LogP contribution in [0.1, 0.15) is 0 Å².